The first-order chi connectivity index (χ1) is 19.4. The van der Waals surface area contributed by atoms with Crippen LogP contribution in [0.15, 0.2) is 79.0 Å². The molecule has 0 aliphatic carbocycles. The summed E-state index contributed by atoms with van der Waals surface area (Å²) >= 11 is 0. The summed E-state index contributed by atoms with van der Waals surface area (Å²) in [6.07, 6.45) is 4.17. The van der Waals surface area contributed by atoms with Crippen LogP contribution in [0.4, 0.5) is 5.69 Å². The topological polar surface area (TPSA) is 107 Å². The number of aromatic nitrogens is 2. The monoisotopic (exact) mass is 555 g/mol. The Balaban J connectivity index is 1.07. The third kappa shape index (κ3) is 6.17. The van der Waals surface area contributed by atoms with Gasteiger partial charge in [0.15, 0.2) is 9.84 Å². The van der Waals surface area contributed by atoms with Crippen molar-refractivity contribution in [3.63, 3.8) is 0 Å². The summed E-state index contributed by atoms with van der Waals surface area (Å²) in [5.74, 6) is 1.26. The molecule has 2 fully saturated rings. The van der Waals surface area contributed by atoms with E-state index in [4.69, 9.17) is 0 Å². The number of carbonyl (C=O) groups is 1. The first-order valence-corrected chi connectivity index (χ1v) is 15.6. The second-order valence-corrected chi connectivity index (χ2v) is 12.9. The maximum atomic E-state index is 12.9. The second-order valence-electron chi connectivity index (χ2n) is 10.6. The Hall–Kier alpha value is -3.79. The molecule has 6 rings (SSSR count). The minimum atomic E-state index is -2.88. The molecule has 2 saturated heterocycles. The van der Waals surface area contributed by atoms with Crippen molar-refractivity contribution >= 4 is 21.4 Å². The quantitative estimate of drug-likeness (QED) is 0.307. The zero-order valence-corrected chi connectivity index (χ0v) is 23.1. The highest BCUT2D eigenvalue weighted by atomic mass is 32.2. The van der Waals surface area contributed by atoms with Gasteiger partial charge >= 0.3 is 0 Å². The molecule has 2 aliphatic rings. The number of rotatable bonds is 7. The van der Waals surface area contributed by atoms with Gasteiger partial charge in [0.1, 0.15) is 5.82 Å². The lowest BCUT2D eigenvalue weighted by atomic mass is 10.0. The number of hydrogen-bond acceptors (Lipinski definition) is 6. The highest BCUT2D eigenvalue weighted by molar-refractivity contribution is 7.91. The van der Waals surface area contributed by atoms with Crippen molar-refractivity contribution in [2.75, 3.05) is 36.5 Å². The average Bonchev–Trinajstić information content (AvgIpc) is 3.68. The zero-order valence-electron chi connectivity index (χ0n) is 22.3. The predicted octanol–water partition coefficient (Wildman–Crippen LogP) is 4.65. The fourth-order valence-electron chi connectivity index (χ4n) is 5.32. The lowest BCUT2D eigenvalue weighted by Crippen LogP contribution is -2.39. The van der Waals surface area contributed by atoms with Crippen LogP contribution < -0.4 is 10.6 Å². The first kappa shape index (κ1) is 26.4. The third-order valence-corrected chi connectivity index (χ3v) is 9.30. The van der Waals surface area contributed by atoms with Crippen molar-refractivity contribution < 1.29 is 13.2 Å². The van der Waals surface area contributed by atoms with Gasteiger partial charge in [0, 0.05) is 36.4 Å². The highest BCUT2D eigenvalue weighted by Crippen LogP contribution is 2.28. The Morgan fingerprint density at radius 3 is 2.42 bits per heavy atom. The van der Waals surface area contributed by atoms with E-state index in [0.717, 1.165) is 52.4 Å². The number of benzene rings is 3. The van der Waals surface area contributed by atoms with Gasteiger partial charge in [-0.1, -0.05) is 42.5 Å². The van der Waals surface area contributed by atoms with Gasteiger partial charge in [0.05, 0.1) is 29.4 Å². The molecule has 3 aromatic carbocycles. The SMILES string of the molecule is O=C(Nc1ccc(CN2CCS(=O)(=O)CC2)cc1)c1ccc(-c2cccc(-c3cnc([C@@H]4CCCN4)[nH]3)c2)cc1. The van der Waals surface area contributed by atoms with E-state index in [1.54, 1.807) is 0 Å². The van der Waals surface area contributed by atoms with Crippen LogP contribution in [-0.4, -0.2) is 60.3 Å². The molecule has 2 aliphatic heterocycles. The number of hydrogen-bond donors (Lipinski definition) is 3. The fraction of sp³-hybridized carbons (Fsp3) is 0.290. The molecule has 8 nitrogen and oxygen atoms in total. The summed E-state index contributed by atoms with van der Waals surface area (Å²) in [5.41, 5.74) is 6.57. The van der Waals surface area contributed by atoms with Gasteiger partial charge in [0.2, 0.25) is 0 Å². The standard InChI is InChI=1S/C31H33N5O3S/c37-31(34-27-12-6-22(7-13-27)21-36-15-17-40(38,39)18-16-36)24-10-8-23(9-11-24)25-3-1-4-26(19-25)29-20-33-30(35-29)28-5-2-14-32-28/h1,3-4,6-13,19-20,28,32H,2,5,14-18,21H2,(H,33,35)(H,34,37)/t28-/m0/s1. The molecule has 1 atom stereocenters. The minimum Gasteiger partial charge on any atom is -0.341 e. The number of carbonyl (C=O) groups excluding carboxylic acids is 1. The Kier molecular flexibility index (Phi) is 7.51. The van der Waals surface area contributed by atoms with Gasteiger partial charge in [-0.05, 0) is 66.4 Å². The summed E-state index contributed by atoms with van der Waals surface area (Å²) in [5, 5.41) is 6.45. The molecular formula is C31H33N5O3S. The maximum Gasteiger partial charge on any atom is 0.255 e. The van der Waals surface area contributed by atoms with Crippen molar-refractivity contribution in [2.24, 2.45) is 0 Å². The summed E-state index contributed by atoms with van der Waals surface area (Å²) < 4.78 is 23.3. The zero-order chi connectivity index (χ0) is 27.5. The van der Waals surface area contributed by atoms with E-state index in [2.05, 4.69) is 43.7 Å². The Labute approximate surface area is 234 Å². The number of H-pyrrole nitrogens is 1. The molecule has 0 unspecified atom stereocenters. The van der Waals surface area contributed by atoms with E-state index in [1.165, 1.54) is 6.42 Å². The van der Waals surface area contributed by atoms with Crippen molar-refractivity contribution in [1.82, 2.24) is 20.2 Å². The normalized spacial score (nSPS) is 18.9. The number of aromatic amines is 1. The van der Waals surface area contributed by atoms with Crippen molar-refractivity contribution in [2.45, 2.75) is 25.4 Å². The van der Waals surface area contributed by atoms with E-state index >= 15 is 0 Å². The van der Waals surface area contributed by atoms with Gasteiger partial charge in [-0.15, -0.1) is 0 Å². The Bertz CT molecular complexity index is 1580. The van der Waals surface area contributed by atoms with Crippen LogP contribution in [0.25, 0.3) is 22.4 Å². The van der Waals surface area contributed by atoms with E-state index < -0.39 is 9.84 Å². The van der Waals surface area contributed by atoms with Gasteiger partial charge in [-0.25, -0.2) is 13.4 Å². The molecule has 4 aromatic rings. The van der Waals surface area contributed by atoms with Gasteiger partial charge in [-0.3, -0.25) is 9.69 Å². The summed E-state index contributed by atoms with van der Waals surface area (Å²) in [7, 11) is -2.88. The number of imidazole rings is 1. The van der Waals surface area contributed by atoms with Crippen molar-refractivity contribution in [3.05, 3.63) is 95.9 Å². The number of nitrogens with zero attached hydrogens (tertiary/aromatic N) is 2. The van der Waals surface area contributed by atoms with Crippen LogP contribution in [0.1, 0.15) is 40.6 Å². The first-order valence-electron chi connectivity index (χ1n) is 13.7. The Morgan fingerprint density at radius 1 is 0.950 bits per heavy atom. The molecule has 0 radical (unpaired) electrons. The van der Waals surface area contributed by atoms with Crippen molar-refractivity contribution in [1.29, 1.82) is 0 Å². The summed E-state index contributed by atoms with van der Waals surface area (Å²) in [4.78, 5) is 23.1. The van der Waals surface area contributed by atoms with Gasteiger partial charge in [0.25, 0.3) is 5.91 Å². The molecule has 3 heterocycles. The van der Waals surface area contributed by atoms with E-state index in [-0.39, 0.29) is 17.4 Å². The van der Waals surface area contributed by atoms with Crippen LogP contribution in [0.5, 0.6) is 0 Å². The molecule has 3 N–H and O–H groups in total. The smallest absolute Gasteiger partial charge is 0.255 e. The average molecular weight is 556 g/mol. The van der Waals surface area contributed by atoms with E-state index in [1.807, 2.05) is 60.8 Å². The second kappa shape index (κ2) is 11.4. The van der Waals surface area contributed by atoms with Crippen molar-refractivity contribution in [3.8, 4) is 22.4 Å². The lowest BCUT2D eigenvalue weighted by molar-refractivity contribution is 0.102. The maximum absolute atomic E-state index is 12.9. The van der Waals surface area contributed by atoms with Crippen LogP contribution in [0, 0.1) is 0 Å². The predicted molar refractivity (Wildman–Crippen MR) is 158 cm³/mol. The van der Waals surface area contributed by atoms with Gasteiger partial charge < -0.3 is 15.6 Å². The lowest BCUT2D eigenvalue weighted by Gasteiger charge is -2.26. The summed E-state index contributed by atoms with van der Waals surface area (Å²) in [6, 6.07) is 24.0. The fourth-order valence-corrected chi connectivity index (χ4v) is 6.60. The Morgan fingerprint density at radius 2 is 1.70 bits per heavy atom. The third-order valence-electron chi connectivity index (χ3n) is 7.69. The van der Waals surface area contributed by atoms with Crippen LogP contribution in [0.3, 0.4) is 0 Å². The molecule has 9 heteroatoms. The molecular weight excluding hydrogens is 522 g/mol. The van der Waals surface area contributed by atoms with Gasteiger partial charge in [-0.2, -0.15) is 0 Å². The van der Waals surface area contributed by atoms with E-state index in [0.29, 0.717) is 31.2 Å². The number of nitrogens with one attached hydrogen (secondary N) is 3. The van der Waals surface area contributed by atoms with Crippen LogP contribution >= 0.6 is 0 Å². The largest absolute Gasteiger partial charge is 0.341 e. The molecule has 0 spiro atoms. The van der Waals surface area contributed by atoms with E-state index in [9.17, 15) is 13.2 Å². The molecule has 1 aromatic heterocycles. The molecule has 1 amide bonds. The van der Waals surface area contributed by atoms with Crippen LogP contribution in [-0.2, 0) is 16.4 Å². The number of anilines is 1. The molecule has 40 heavy (non-hydrogen) atoms. The molecule has 0 saturated carbocycles. The minimum absolute atomic E-state index is 0.167. The molecule has 0 bridgehead atoms. The highest BCUT2D eigenvalue weighted by Gasteiger charge is 2.22. The summed E-state index contributed by atoms with van der Waals surface area (Å²) in [6.45, 7) is 2.85. The number of sulfone groups is 1. The molecule has 206 valence electrons. The number of amides is 1. The van der Waals surface area contributed by atoms with Crippen LogP contribution in [0.2, 0.25) is 0 Å².